The standard InChI is InChI=1S/C10H19N3O/c1-7(2)12-13-10(14)9-6-4-5-8(3)11-9/h8-9,11H,4-6H2,1-3H3,(H,13,14)/t8-,9-/m1/s1. The van der Waals surface area contributed by atoms with E-state index in [9.17, 15) is 4.79 Å². The molecule has 0 aromatic heterocycles. The zero-order valence-electron chi connectivity index (χ0n) is 9.13. The van der Waals surface area contributed by atoms with Gasteiger partial charge in [-0.05, 0) is 40.0 Å². The van der Waals surface area contributed by atoms with E-state index in [-0.39, 0.29) is 11.9 Å². The first kappa shape index (κ1) is 11.2. The number of carbonyl (C=O) groups excluding carboxylic acids is 1. The van der Waals surface area contributed by atoms with E-state index in [1.165, 1.54) is 0 Å². The summed E-state index contributed by atoms with van der Waals surface area (Å²) in [5.41, 5.74) is 3.42. The van der Waals surface area contributed by atoms with Crippen LogP contribution in [-0.4, -0.2) is 23.7 Å². The van der Waals surface area contributed by atoms with Crippen molar-refractivity contribution in [2.75, 3.05) is 0 Å². The molecule has 0 bridgehead atoms. The van der Waals surface area contributed by atoms with Crippen LogP contribution in [-0.2, 0) is 4.79 Å². The molecular weight excluding hydrogens is 178 g/mol. The highest BCUT2D eigenvalue weighted by Gasteiger charge is 2.23. The summed E-state index contributed by atoms with van der Waals surface area (Å²) in [5, 5.41) is 7.16. The molecule has 14 heavy (non-hydrogen) atoms. The number of piperidine rings is 1. The zero-order valence-corrected chi connectivity index (χ0v) is 9.13. The highest BCUT2D eigenvalue weighted by molar-refractivity contribution is 5.85. The minimum absolute atomic E-state index is 0.0160. The van der Waals surface area contributed by atoms with Crippen molar-refractivity contribution < 1.29 is 4.79 Å². The van der Waals surface area contributed by atoms with Gasteiger partial charge in [-0.25, -0.2) is 5.43 Å². The third kappa shape index (κ3) is 3.46. The second-order valence-electron chi connectivity index (χ2n) is 4.09. The molecule has 2 atom stereocenters. The van der Waals surface area contributed by atoms with Crippen molar-refractivity contribution in [3.8, 4) is 0 Å². The fourth-order valence-corrected chi connectivity index (χ4v) is 1.59. The topological polar surface area (TPSA) is 53.5 Å². The Labute approximate surface area is 85.1 Å². The zero-order chi connectivity index (χ0) is 10.6. The molecule has 1 amide bonds. The number of hydrogen-bond donors (Lipinski definition) is 2. The quantitative estimate of drug-likeness (QED) is 0.513. The number of hydrazone groups is 1. The molecule has 1 aliphatic rings. The average molecular weight is 197 g/mol. The Morgan fingerprint density at radius 2 is 2.14 bits per heavy atom. The Kier molecular flexibility index (Phi) is 4.07. The maximum Gasteiger partial charge on any atom is 0.257 e. The van der Waals surface area contributed by atoms with Crippen LogP contribution in [0.1, 0.15) is 40.0 Å². The molecule has 1 fully saturated rings. The number of hydrogen-bond acceptors (Lipinski definition) is 3. The van der Waals surface area contributed by atoms with Crippen LogP contribution >= 0.6 is 0 Å². The summed E-state index contributed by atoms with van der Waals surface area (Å²) < 4.78 is 0. The molecule has 0 aromatic carbocycles. The highest BCUT2D eigenvalue weighted by Crippen LogP contribution is 2.12. The van der Waals surface area contributed by atoms with Crippen molar-refractivity contribution >= 4 is 11.6 Å². The largest absolute Gasteiger partial charge is 0.303 e. The normalized spacial score (nSPS) is 26.8. The SMILES string of the molecule is CC(C)=NNC(=O)[C@H]1CCC[C@@H](C)N1. The maximum absolute atomic E-state index is 11.6. The summed E-state index contributed by atoms with van der Waals surface area (Å²) >= 11 is 0. The summed E-state index contributed by atoms with van der Waals surface area (Å²) in [4.78, 5) is 11.6. The molecule has 0 aliphatic carbocycles. The van der Waals surface area contributed by atoms with Gasteiger partial charge in [0.05, 0.1) is 6.04 Å². The number of carbonyl (C=O) groups is 1. The highest BCUT2D eigenvalue weighted by atomic mass is 16.2. The molecule has 0 radical (unpaired) electrons. The molecule has 80 valence electrons. The molecule has 0 unspecified atom stereocenters. The van der Waals surface area contributed by atoms with E-state index >= 15 is 0 Å². The van der Waals surface area contributed by atoms with Crippen molar-refractivity contribution in [2.24, 2.45) is 5.10 Å². The number of nitrogens with zero attached hydrogens (tertiary/aromatic N) is 1. The summed E-state index contributed by atoms with van der Waals surface area (Å²) in [5.74, 6) is -0.0160. The van der Waals surface area contributed by atoms with E-state index in [4.69, 9.17) is 0 Å². The van der Waals surface area contributed by atoms with Gasteiger partial charge in [-0.1, -0.05) is 0 Å². The first-order chi connectivity index (χ1) is 6.59. The smallest absolute Gasteiger partial charge is 0.257 e. The first-order valence-electron chi connectivity index (χ1n) is 5.16. The summed E-state index contributed by atoms with van der Waals surface area (Å²) in [6, 6.07) is 0.369. The van der Waals surface area contributed by atoms with Gasteiger partial charge in [0.25, 0.3) is 5.91 Å². The van der Waals surface area contributed by atoms with Gasteiger partial charge in [0.1, 0.15) is 0 Å². The Hall–Kier alpha value is -0.900. The number of nitrogens with one attached hydrogen (secondary N) is 2. The van der Waals surface area contributed by atoms with Crippen molar-refractivity contribution in [1.82, 2.24) is 10.7 Å². The fourth-order valence-electron chi connectivity index (χ4n) is 1.59. The molecule has 4 nitrogen and oxygen atoms in total. The van der Waals surface area contributed by atoms with Crippen LogP contribution in [0.3, 0.4) is 0 Å². The number of rotatable bonds is 2. The lowest BCUT2D eigenvalue weighted by Crippen LogP contribution is -2.49. The Morgan fingerprint density at radius 1 is 1.43 bits per heavy atom. The van der Waals surface area contributed by atoms with Gasteiger partial charge in [0, 0.05) is 11.8 Å². The van der Waals surface area contributed by atoms with Gasteiger partial charge in [-0.15, -0.1) is 0 Å². The first-order valence-corrected chi connectivity index (χ1v) is 5.16. The van der Waals surface area contributed by atoms with Crippen LogP contribution in [0.4, 0.5) is 0 Å². The van der Waals surface area contributed by atoms with Gasteiger partial charge in [-0.3, -0.25) is 4.79 Å². The lowest BCUT2D eigenvalue weighted by molar-refractivity contribution is -0.123. The molecule has 0 spiro atoms. The monoisotopic (exact) mass is 197 g/mol. The molecule has 2 N–H and O–H groups in total. The second-order valence-corrected chi connectivity index (χ2v) is 4.09. The predicted octanol–water partition coefficient (Wildman–Crippen LogP) is 1.03. The fraction of sp³-hybridized carbons (Fsp3) is 0.800. The van der Waals surface area contributed by atoms with E-state index < -0.39 is 0 Å². The second kappa shape index (κ2) is 5.10. The molecule has 0 aromatic rings. The van der Waals surface area contributed by atoms with Crippen LogP contribution in [0, 0.1) is 0 Å². The van der Waals surface area contributed by atoms with Gasteiger partial charge >= 0.3 is 0 Å². The molecule has 1 heterocycles. The minimum Gasteiger partial charge on any atom is -0.303 e. The summed E-state index contributed by atoms with van der Waals surface area (Å²) in [7, 11) is 0. The molecule has 1 aliphatic heterocycles. The third-order valence-corrected chi connectivity index (χ3v) is 2.32. The van der Waals surface area contributed by atoms with Crippen molar-refractivity contribution in [3.63, 3.8) is 0 Å². The lowest BCUT2D eigenvalue weighted by Gasteiger charge is -2.27. The molecule has 1 saturated heterocycles. The molecule has 0 saturated carbocycles. The van der Waals surface area contributed by atoms with E-state index in [1.807, 2.05) is 13.8 Å². The van der Waals surface area contributed by atoms with Gasteiger partial charge < -0.3 is 5.32 Å². The Morgan fingerprint density at radius 3 is 2.71 bits per heavy atom. The average Bonchev–Trinajstić information content (AvgIpc) is 2.14. The summed E-state index contributed by atoms with van der Waals surface area (Å²) in [6.45, 7) is 5.82. The van der Waals surface area contributed by atoms with Gasteiger partial charge in [-0.2, -0.15) is 5.10 Å². The van der Waals surface area contributed by atoms with Gasteiger partial charge in [0.15, 0.2) is 0 Å². The van der Waals surface area contributed by atoms with Crippen LogP contribution in [0.2, 0.25) is 0 Å². The van der Waals surface area contributed by atoms with E-state index in [0.29, 0.717) is 6.04 Å². The van der Waals surface area contributed by atoms with Gasteiger partial charge in [0.2, 0.25) is 0 Å². The van der Waals surface area contributed by atoms with Crippen LogP contribution in [0.5, 0.6) is 0 Å². The third-order valence-electron chi connectivity index (χ3n) is 2.32. The van der Waals surface area contributed by atoms with Crippen LogP contribution in [0.15, 0.2) is 5.10 Å². The van der Waals surface area contributed by atoms with E-state index in [1.54, 1.807) is 0 Å². The van der Waals surface area contributed by atoms with Crippen molar-refractivity contribution in [2.45, 2.75) is 52.1 Å². The van der Waals surface area contributed by atoms with E-state index in [0.717, 1.165) is 25.0 Å². The Balaban J connectivity index is 2.40. The van der Waals surface area contributed by atoms with Crippen LogP contribution in [0.25, 0.3) is 0 Å². The minimum atomic E-state index is -0.0677. The predicted molar refractivity (Wildman–Crippen MR) is 57.2 cm³/mol. The molecule has 4 heteroatoms. The van der Waals surface area contributed by atoms with Crippen molar-refractivity contribution in [1.29, 1.82) is 0 Å². The molecular formula is C10H19N3O. The maximum atomic E-state index is 11.6. The molecule has 1 rings (SSSR count). The van der Waals surface area contributed by atoms with Crippen molar-refractivity contribution in [3.05, 3.63) is 0 Å². The Bertz CT molecular complexity index is 234. The van der Waals surface area contributed by atoms with Crippen LogP contribution < -0.4 is 10.7 Å². The summed E-state index contributed by atoms with van der Waals surface area (Å²) in [6.07, 6.45) is 3.18. The van der Waals surface area contributed by atoms with E-state index in [2.05, 4.69) is 22.8 Å². The number of amides is 1. The lowest BCUT2D eigenvalue weighted by atomic mass is 9.99.